The Labute approximate surface area is 147 Å². The van der Waals surface area contributed by atoms with Crippen LogP contribution in [0.4, 0.5) is 5.69 Å². The smallest absolute Gasteiger partial charge is 0.338 e. The first-order valence-electron chi connectivity index (χ1n) is 8.32. The molecular formula is C18H24N2O5. The summed E-state index contributed by atoms with van der Waals surface area (Å²) in [5, 5.41) is 2.79. The van der Waals surface area contributed by atoms with Crippen LogP contribution in [0.1, 0.15) is 30.6 Å². The van der Waals surface area contributed by atoms with E-state index in [-0.39, 0.29) is 24.3 Å². The molecule has 1 saturated heterocycles. The van der Waals surface area contributed by atoms with Gasteiger partial charge in [-0.1, -0.05) is 0 Å². The molecule has 2 atom stereocenters. The van der Waals surface area contributed by atoms with Gasteiger partial charge in [-0.25, -0.2) is 4.79 Å². The lowest BCUT2D eigenvalue weighted by atomic mass is 10.1. The molecule has 1 aliphatic heterocycles. The lowest BCUT2D eigenvalue weighted by Crippen LogP contribution is -2.38. The number of nitrogens with one attached hydrogen (secondary N) is 1. The van der Waals surface area contributed by atoms with Crippen molar-refractivity contribution in [2.75, 3.05) is 32.2 Å². The highest BCUT2D eigenvalue weighted by Crippen LogP contribution is 2.22. The van der Waals surface area contributed by atoms with Crippen molar-refractivity contribution in [2.24, 2.45) is 5.92 Å². The van der Waals surface area contributed by atoms with Gasteiger partial charge in [0, 0.05) is 25.8 Å². The van der Waals surface area contributed by atoms with Crippen LogP contribution < -0.4 is 5.32 Å². The van der Waals surface area contributed by atoms with E-state index in [1.165, 1.54) is 0 Å². The molecule has 25 heavy (non-hydrogen) atoms. The Kier molecular flexibility index (Phi) is 6.52. The van der Waals surface area contributed by atoms with E-state index in [4.69, 9.17) is 9.47 Å². The Morgan fingerprint density at radius 1 is 1.32 bits per heavy atom. The van der Waals surface area contributed by atoms with Crippen molar-refractivity contribution in [3.05, 3.63) is 29.8 Å². The monoisotopic (exact) mass is 348 g/mol. The first kappa shape index (κ1) is 18.9. The van der Waals surface area contributed by atoms with Crippen LogP contribution in [-0.4, -0.2) is 55.6 Å². The van der Waals surface area contributed by atoms with Crippen LogP contribution in [0.2, 0.25) is 0 Å². The molecule has 7 heteroatoms. The molecule has 1 aliphatic rings. The minimum Gasteiger partial charge on any atom is -0.462 e. The van der Waals surface area contributed by atoms with Crippen molar-refractivity contribution in [3.63, 3.8) is 0 Å². The third-order valence-corrected chi connectivity index (χ3v) is 4.13. The Morgan fingerprint density at radius 3 is 2.60 bits per heavy atom. The molecule has 1 fully saturated rings. The van der Waals surface area contributed by atoms with Crippen molar-refractivity contribution in [3.8, 4) is 0 Å². The number of hydrogen-bond acceptors (Lipinski definition) is 5. The van der Waals surface area contributed by atoms with Gasteiger partial charge in [-0.15, -0.1) is 0 Å². The summed E-state index contributed by atoms with van der Waals surface area (Å²) in [7, 11) is 1.58. The normalized spacial score (nSPS) is 18.1. The second kappa shape index (κ2) is 8.62. The molecule has 2 amide bonds. The van der Waals surface area contributed by atoms with Crippen LogP contribution in [0.25, 0.3) is 0 Å². The van der Waals surface area contributed by atoms with Crippen LogP contribution in [0.5, 0.6) is 0 Å². The molecule has 1 heterocycles. The molecule has 0 spiro atoms. The predicted octanol–water partition coefficient (Wildman–Crippen LogP) is 1.69. The molecule has 0 bridgehead atoms. The van der Waals surface area contributed by atoms with Crippen LogP contribution >= 0.6 is 0 Å². The number of carbonyl (C=O) groups excluding carboxylic acids is 3. The maximum atomic E-state index is 12.4. The number of anilines is 1. The van der Waals surface area contributed by atoms with E-state index in [0.717, 1.165) is 0 Å². The van der Waals surface area contributed by atoms with Gasteiger partial charge in [-0.3, -0.25) is 9.59 Å². The van der Waals surface area contributed by atoms with E-state index in [1.807, 2.05) is 6.92 Å². The Bertz CT molecular complexity index is 629. The van der Waals surface area contributed by atoms with Crippen LogP contribution in [0, 0.1) is 5.92 Å². The third kappa shape index (κ3) is 4.79. The van der Waals surface area contributed by atoms with Crippen LogP contribution in [-0.2, 0) is 19.1 Å². The number of amides is 2. The number of likely N-dealkylation sites (tertiary alicyclic amines) is 1. The lowest BCUT2D eigenvalue weighted by Gasteiger charge is -2.23. The summed E-state index contributed by atoms with van der Waals surface area (Å²) in [6.07, 6.45) is 0.195. The van der Waals surface area contributed by atoms with Crippen molar-refractivity contribution in [1.29, 1.82) is 0 Å². The standard InChI is InChI=1S/C18H24N2O5/c1-4-25-18(23)13-5-7-15(8-6-13)19-17(22)14-9-16(21)20(10-14)12(2)11-24-3/h5-8,12,14H,4,9-11H2,1-3H3,(H,19,22)/t12-,14+/m0/s1. The molecule has 0 unspecified atom stereocenters. The molecule has 1 N–H and O–H groups in total. The Balaban J connectivity index is 1.94. The highest BCUT2D eigenvalue weighted by Gasteiger charge is 2.36. The zero-order valence-electron chi connectivity index (χ0n) is 14.8. The minimum atomic E-state index is -0.399. The first-order chi connectivity index (χ1) is 12.0. The Morgan fingerprint density at radius 2 is 2.00 bits per heavy atom. The van der Waals surface area contributed by atoms with Gasteiger partial charge >= 0.3 is 5.97 Å². The van der Waals surface area contributed by atoms with E-state index >= 15 is 0 Å². The number of methoxy groups -OCH3 is 1. The van der Waals surface area contributed by atoms with Gasteiger partial charge in [0.15, 0.2) is 0 Å². The van der Waals surface area contributed by atoms with Gasteiger partial charge in [0.25, 0.3) is 0 Å². The molecule has 0 radical (unpaired) electrons. The van der Waals surface area contributed by atoms with Gasteiger partial charge in [-0.2, -0.15) is 0 Å². The largest absolute Gasteiger partial charge is 0.462 e. The van der Waals surface area contributed by atoms with E-state index in [0.29, 0.717) is 31.0 Å². The zero-order chi connectivity index (χ0) is 18.4. The Hall–Kier alpha value is -2.41. The van der Waals surface area contributed by atoms with Crippen LogP contribution in [0.3, 0.4) is 0 Å². The zero-order valence-corrected chi connectivity index (χ0v) is 14.8. The van der Waals surface area contributed by atoms with E-state index in [2.05, 4.69) is 5.32 Å². The van der Waals surface area contributed by atoms with Gasteiger partial charge in [0.1, 0.15) is 0 Å². The predicted molar refractivity (Wildman–Crippen MR) is 92.2 cm³/mol. The second-order valence-electron chi connectivity index (χ2n) is 6.04. The SMILES string of the molecule is CCOC(=O)c1ccc(NC(=O)[C@@H]2CC(=O)N([C@@H](C)COC)C2)cc1. The number of hydrogen-bond donors (Lipinski definition) is 1. The number of ether oxygens (including phenoxy) is 2. The molecule has 1 aromatic rings. The first-order valence-corrected chi connectivity index (χ1v) is 8.32. The lowest BCUT2D eigenvalue weighted by molar-refractivity contribution is -0.130. The van der Waals surface area contributed by atoms with Crippen molar-refractivity contribution in [1.82, 2.24) is 4.90 Å². The fraction of sp³-hybridized carbons (Fsp3) is 0.500. The summed E-state index contributed by atoms with van der Waals surface area (Å²) in [5.41, 5.74) is 1.00. The summed E-state index contributed by atoms with van der Waals surface area (Å²) >= 11 is 0. The fourth-order valence-electron chi connectivity index (χ4n) is 2.81. The number of benzene rings is 1. The molecule has 7 nitrogen and oxygen atoms in total. The van der Waals surface area contributed by atoms with Gasteiger partial charge in [-0.05, 0) is 38.1 Å². The maximum Gasteiger partial charge on any atom is 0.338 e. The van der Waals surface area contributed by atoms with E-state index in [1.54, 1.807) is 43.2 Å². The summed E-state index contributed by atoms with van der Waals surface area (Å²) in [6.45, 7) is 4.78. The van der Waals surface area contributed by atoms with Crippen molar-refractivity contribution in [2.45, 2.75) is 26.3 Å². The molecule has 0 aliphatic carbocycles. The van der Waals surface area contributed by atoms with Crippen molar-refractivity contribution < 1.29 is 23.9 Å². The second-order valence-corrected chi connectivity index (χ2v) is 6.04. The maximum absolute atomic E-state index is 12.4. The van der Waals surface area contributed by atoms with Gasteiger partial charge < -0.3 is 19.7 Å². The highest BCUT2D eigenvalue weighted by atomic mass is 16.5. The highest BCUT2D eigenvalue weighted by molar-refractivity contribution is 5.97. The van der Waals surface area contributed by atoms with Crippen LogP contribution in [0.15, 0.2) is 24.3 Å². The quantitative estimate of drug-likeness (QED) is 0.758. The van der Waals surface area contributed by atoms with E-state index in [9.17, 15) is 14.4 Å². The number of esters is 1. The summed E-state index contributed by atoms with van der Waals surface area (Å²) in [4.78, 5) is 37.8. The van der Waals surface area contributed by atoms with Crippen molar-refractivity contribution >= 4 is 23.5 Å². The molecular weight excluding hydrogens is 324 g/mol. The molecule has 2 rings (SSSR count). The third-order valence-electron chi connectivity index (χ3n) is 4.13. The number of carbonyl (C=O) groups is 3. The summed E-state index contributed by atoms with van der Waals surface area (Å²) < 4.78 is 9.99. The molecule has 0 aromatic heterocycles. The van der Waals surface area contributed by atoms with E-state index < -0.39 is 11.9 Å². The summed E-state index contributed by atoms with van der Waals surface area (Å²) in [6, 6.07) is 6.43. The fourth-order valence-corrected chi connectivity index (χ4v) is 2.81. The van der Waals surface area contributed by atoms with Gasteiger partial charge in [0.05, 0.1) is 30.7 Å². The topological polar surface area (TPSA) is 84.9 Å². The number of nitrogens with zero attached hydrogens (tertiary/aromatic N) is 1. The summed E-state index contributed by atoms with van der Waals surface area (Å²) in [5.74, 6) is -1.03. The average molecular weight is 348 g/mol. The molecule has 136 valence electrons. The average Bonchev–Trinajstić information content (AvgIpc) is 2.98. The minimum absolute atomic E-state index is 0.0395. The number of rotatable bonds is 7. The molecule has 1 aromatic carbocycles. The van der Waals surface area contributed by atoms with Gasteiger partial charge in [0.2, 0.25) is 11.8 Å². The molecule has 0 saturated carbocycles.